The number of aryl methyl sites for hydroxylation is 2. The third-order valence-corrected chi connectivity index (χ3v) is 9.95. The van der Waals surface area contributed by atoms with Gasteiger partial charge in [-0.1, -0.05) is 6.92 Å². The average molecular weight is 552 g/mol. The highest BCUT2D eigenvalue weighted by Crippen LogP contribution is 2.29. The number of nitrogens with zero attached hydrogens (tertiary/aromatic N) is 4. The zero-order valence-corrected chi connectivity index (χ0v) is 24.6. The molecule has 1 aromatic carbocycles. The van der Waals surface area contributed by atoms with Gasteiger partial charge in [0, 0.05) is 33.2 Å². The minimum Gasteiger partial charge on any atom is -0.497 e. The van der Waals surface area contributed by atoms with Crippen LogP contribution in [-0.2, 0) is 26.0 Å². The summed E-state index contributed by atoms with van der Waals surface area (Å²) in [4.78, 5) is 32.1. The van der Waals surface area contributed by atoms with Crippen LogP contribution in [-0.4, -0.2) is 119 Å². The maximum Gasteiger partial charge on any atom is 0.243 e. The summed E-state index contributed by atoms with van der Waals surface area (Å²) in [5.41, 5.74) is 1.19. The lowest BCUT2D eigenvalue weighted by Crippen LogP contribution is -2.46. The highest BCUT2D eigenvalue weighted by molar-refractivity contribution is 7.89. The van der Waals surface area contributed by atoms with Gasteiger partial charge in [-0.15, -0.1) is 0 Å². The SMILES string of the molecule is CCc1cc(OC)cc(C)c1S(=O)(=O)N(C)CC(=O)NCC(=O)N(C)CC1CCN(C2CCN(C)C2)CC1. The van der Waals surface area contributed by atoms with Crippen LogP contribution in [0.15, 0.2) is 17.0 Å². The van der Waals surface area contributed by atoms with E-state index in [1.54, 1.807) is 31.0 Å². The molecule has 214 valence electrons. The van der Waals surface area contributed by atoms with E-state index in [-0.39, 0.29) is 23.9 Å². The summed E-state index contributed by atoms with van der Waals surface area (Å²) >= 11 is 0. The number of piperidine rings is 1. The topological polar surface area (TPSA) is 102 Å². The van der Waals surface area contributed by atoms with Crippen LogP contribution < -0.4 is 10.1 Å². The van der Waals surface area contributed by atoms with Crippen LogP contribution in [0.2, 0.25) is 0 Å². The Morgan fingerprint density at radius 2 is 1.82 bits per heavy atom. The third-order valence-electron chi connectivity index (χ3n) is 7.90. The largest absolute Gasteiger partial charge is 0.497 e. The van der Waals surface area contributed by atoms with Crippen LogP contribution in [0, 0.1) is 12.8 Å². The molecule has 2 aliphatic heterocycles. The standard InChI is InChI=1S/C27H45N5O5S/c1-7-22-15-24(37-6)14-20(2)27(22)38(35,36)31(5)19-25(33)28-16-26(34)30(4)17-21-8-12-32(13-9-21)23-10-11-29(3)18-23/h14-15,21,23H,7-13,16-19H2,1-6H3,(H,28,33). The molecule has 10 nitrogen and oxygen atoms in total. The summed E-state index contributed by atoms with van der Waals surface area (Å²) in [6, 6.07) is 4.03. The zero-order valence-electron chi connectivity index (χ0n) is 23.8. The van der Waals surface area contributed by atoms with Crippen molar-refractivity contribution >= 4 is 21.8 Å². The predicted molar refractivity (Wildman–Crippen MR) is 148 cm³/mol. The molecule has 3 rings (SSSR count). The first-order chi connectivity index (χ1) is 18.0. The minimum atomic E-state index is -3.91. The molecule has 1 atom stereocenters. The number of hydrogen-bond acceptors (Lipinski definition) is 7. The van der Waals surface area contributed by atoms with Crippen LogP contribution in [0.25, 0.3) is 0 Å². The number of amides is 2. The number of rotatable bonds is 11. The van der Waals surface area contributed by atoms with E-state index < -0.39 is 15.9 Å². The van der Waals surface area contributed by atoms with E-state index >= 15 is 0 Å². The minimum absolute atomic E-state index is 0.155. The number of carbonyl (C=O) groups excluding carboxylic acids is 2. The smallest absolute Gasteiger partial charge is 0.243 e. The number of likely N-dealkylation sites (N-methyl/N-ethyl adjacent to an activating group) is 3. The number of benzene rings is 1. The van der Waals surface area contributed by atoms with Gasteiger partial charge < -0.3 is 19.9 Å². The molecule has 1 N–H and O–H groups in total. The monoisotopic (exact) mass is 551 g/mol. The Hall–Kier alpha value is -2.21. The first-order valence-electron chi connectivity index (χ1n) is 13.5. The quantitative estimate of drug-likeness (QED) is 0.441. The number of sulfonamides is 1. The summed E-state index contributed by atoms with van der Waals surface area (Å²) in [5, 5.41) is 2.60. The molecule has 38 heavy (non-hydrogen) atoms. The van der Waals surface area contributed by atoms with Gasteiger partial charge in [0.2, 0.25) is 21.8 Å². The fourth-order valence-corrected chi connectivity index (χ4v) is 7.17. The van der Waals surface area contributed by atoms with Gasteiger partial charge >= 0.3 is 0 Å². The van der Waals surface area contributed by atoms with Crippen molar-refractivity contribution in [2.24, 2.45) is 5.92 Å². The van der Waals surface area contributed by atoms with Gasteiger partial charge in [-0.2, -0.15) is 4.31 Å². The second-order valence-electron chi connectivity index (χ2n) is 10.8. The zero-order chi connectivity index (χ0) is 28.0. The molecule has 0 aromatic heterocycles. The maximum absolute atomic E-state index is 13.3. The van der Waals surface area contributed by atoms with Gasteiger partial charge in [0.1, 0.15) is 5.75 Å². The number of likely N-dealkylation sites (tertiary alicyclic amines) is 2. The molecular formula is C27H45N5O5S. The van der Waals surface area contributed by atoms with Crippen molar-refractivity contribution in [3.63, 3.8) is 0 Å². The molecule has 2 saturated heterocycles. The van der Waals surface area contributed by atoms with E-state index in [2.05, 4.69) is 22.2 Å². The molecule has 1 unspecified atom stereocenters. The highest BCUT2D eigenvalue weighted by Gasteiger charge is 2.30. The van der Waals surface area contributed by atoms with E-state index in [1.807, 2.05) is 6.92 Å². The Labute approximate surface area is 228 Å². The van der Waals surface area contributed by atoms with Crippen LogP contribution >= 0.6 is 0 Å². The van der Waals surface area contributed by atoms with Crippen molar-refractivity contribution < 1.29 is 22.7 Å². The summed E-state index contributed by atoms with van der Waals surface area (Å²) in [6.45, 7) is 8.16. The van der Waals surface area contributed by atoms with Gasteiger partial charge in [0.15, 0.2) is 0 Å². The Kier molecular flexibility index (Phi) is 10.6. The molecule has 2 aliphatic rings. The summed E-state index contributed by atoms with van der Waals surface area (Å²) < 4.78 is 32.9. The molecule has 0 saturated carbocycles. The number of hydrogen-bond donors (Lipinski definition) is 1. The van der Waals surface area contributed by atoms with E-state index in [0.29, 0.717) is 41.8 Å². The Morgan fingerprint density at radius 3 is 2.39 bits per heavy atom. The molecule has 11 heteroatoms. The van der Waals surface area contributed by atoms with E-state index in [0.717, 1.165) is 43.3 Å². The highest BCUT2D eigenvalue weighted by atomic mass is 32.2. The van der Waals surface area contributed by atoms with Gasteiger partial charge in [0.25, 0.3) is 0 Å². The maximum atomic E-state index is 13.3. The Bertz CT molecular complexity index is 1090. The van der Waals surface area contributed by atoms with Crippen LogP contribution in [0.5, 0.6) is 5.75 Å². The second-order valence-corrected chi connectivity index (χ2v) is 12.8. The normalized spacial score (nSPS) is 19.6. The first kappa shape index (κ1) is 30.3. The van der Waals surface area contributed by atoms with Crippen molar-refractivity contribution in [2.45, 2.75) is 50.5 Å². The van der Waals surface area contributed by atoms with Crippen LogP contribution in [0.3, 0.4) is 0 Å². The van der Waals surface area contributed by atoms with Crippen molar-refractivity contribution in [1.82, 2.24) is 24.3 Å². The molecule has 0 aliphatic carbocycles. The third kappa shape index (κ3) is 7.46. The van der Waals surface area contributed by atoms with Crippen molar-refractivity contribution in [2.75, 3.05) is 74.1 Å². The van der Waals surface area contributed by atoms with E-state index in [4.69, 9.17) is 4.74 Å². The Morgan fingerprint density at radius 1 is 1.13 bits per heavy atom. The van der Waals surface area contributed by atoms with Crippen LogP contribution in [0.1, 0.15) is 37.3 Å². The molecule has 0 spiro atoms. The summed E-state index contributed by atoms with van der Waals surface area (Å²) in [7, 11) is 2.95. The molecule has 1 aromatic rings. The lowest BCUT2D eigenvalue weighted by atomic mass is 9.95. The molecule has 2 amide bonds. The second kappa shape index (κ2) is 13.2. The molecule has 2 fully saturated rings. The summed E-state index contributed by atoms with van der Waals surface area (Å²) in [5.74, 6) is 0.347. The average Bonchev–Trinajstić information content (AvgIpc) is 3.32. The number of methoxy groups -OCH3 is 1. The van der Waals surface area contributed by atoms with E-state index in [9.17, 15) is 18.0 Å². The van der Waals surface area contributed by atoms with Crippen molar-refractivity contribution in [1.29, 1.82) is 0 Å². The lowest BCUT2D eigenvalue weighted by molar-refractivity contribution is -0.132. The molecule has 0 radical (unpaired) electrons. The summed E-state index contributed by atoms with van der Waals surface area (Å²) in [6.07, 6.45) is 3.87. The number of ether oxygens (including phenoxy) is 1. The molecule has 2 heterocycles. The first-order valence-corrected chi connectivity index (χ1v) is 15.0. The van der Waals surface area contributed by atoms with Gasteiger partial charge in [-0.25, -0.2) is 8.42 Å². The molecule has 0 bridgehead atoms. The van der Waals surface area contributed by atoms with Gasteiger partial charge in [-0.3, -0.25) is 14.5 Å². The Balaban J connectivity index is 1.46. The predicted octanol–water partition coefficient (Wildman–Crippen LogP) is 1.18. The fourth-order valence-electron chi connectivity index (χ4n) is 5.57. The van der Waals surface area contributed by atoms with Gasteiger partial charge in [0.05, 0.1) is 25.1 Å². The van der Waals surface area contributed by atoms with Crippen molar-refractivity contribution in [3.8, 4) is 5.75 Å². The number of carbonyl (C=O) groups is 2. The van der Waals surface area contributed by atoms with Crippen molar-refractivity contribution in [3.05, 3.63) is 23.3 Å². The van der Waals surface area contributed by atoms with Crippen LogP contribution in [0.4, 0.5) is 0 Å². The lowest BCUT2D eigenvalue weighted by Gasteiger charge is -2.37. The van der Waals surface area contributed by atoms with Gasteiger partial charge in [-0.05, 0) is 88.5 Å². The fraction of sp³-hybridized carbons (Fsp3) is 0.704. The number of nitrogens with one attached hydrogen (secondary N) is 1. The van der Waals surface area contributed by atoms with E-state index in [1.165, 1.54) is 20.6 Å². The molecular weight excluding hydrogens is 506 g/mol.